The highest BCUT2D eigenvalue weighted by molar-refractivity contribution is 7.12. The van der Waals surface area contributed by atoms with Crippen molar-refractivity contribution >= 4 is 11.3 Å². The van der Waals surface area contributed by atoms with Gasteiger partial charge in [0.2, 0.25) is 0 Å². The monoisotopic (exact) mass is 289 g/mol. The third-order valence-electron chi connectivity index (χ3n) is 3.47. The van der Waals surface area contributed by atoms with Crippen molar-refractivity contribution in [3.05, 3.63) is 51.5 Å². The minimum atomic E-state index is 0.266. The van der Waals surface area contributed by atoms with Gasteiger partial charge in [0.05, 0.1) is 11.7 Å². The molecule has 0 bridgehead atoms. The highest BCUT2D eigenvalue weighted by Crippen LogP contribution is 2.27. The van der Waals surface area contributed by atoms with Gasteiger partial charge in [0, 0.05) is 28.5 Å². The Bertz CT molecular complexity index is 550. The molecule has 0 aliphatic carbocycles. The number of nitrogens with zero attached hydrogens (tertiary/aromatic N) is 2. The molecule has 108 valence electrons. The Balaban J connectivity index is 2.10. The first-order chi connectivity index (χ1) is 9.63. The Labute approximate surface area is 125 Å². The minimum absolute atomic E-state index is 0.266. The van der Waals surface area contributed by atoms with Gasteiger partial charge in [-0.2, -0.15) is 0 Å². The van der Waals surface area contributed by atoms with Gasteiger partial charge in [-0.1, -0.05) is 13.0 Å². The van der Waals surface area contributed by atoms with E-state index in [4.69, 9.17) is 5.73 Å². The highest BCUT2D eigenvalue weighted by Gasteiger charge is 2.18. The van der Waals surface area contributed by atoms with Gasteiger partial charge in [0.25, 0.3) is 0 Å². The van der Waals surface area contributed by atoms with Crippen LogP contribution in [0.4, 0.5) is 0 Å². The van der Waals surface area contributed by atoms with E-state index in [9.17, 15) is 0 Å². The van der Waals surface area contributed by atoms with Gasteiger partial charge in [0.1, 0.15) is 0 Å². The summed E-state index contributed by atoms with van der Waals surface area (Å²) in [6.45, 7) is 5.67. The number of hydrogen-bond acceptors (Lipinski definition) is 4. The molecule has 2 aromatic rings. The summed E-state index contributed by atoms with van der Waals surface area (Å²) < 4.78 is 0. The summed E-state index contributed by atoms with van der Waals surface area (Å²) in [5.41, 5.74) is 8.14. The molecule has 3 nitrogen and oxygen atoms in total. The van der Waals surface area contributed by atoms with Crippen molar-refractivity contribution in [3.8, 4) is 0 Å². The number of pyridine rings is 1. The largest absolute Gasteiger partial charge is 0.329 e. The van der Waals surface area contributed by atoms with Crippen LogP contribution in [0.25, 0.3) is 0 Å². The first-order valence-electron chi connectivity index (χ1n) is 7.05. The van der Waals surface area contributed by atoms with Gasteiger partial charge in [-0.25, -0.2) is 0 Å². The fourth-order valence-electron chi connectivity index (χ4n) is 2.33. The Hall–Kier alpha value is -1.23. The van der Waals surface area contributed by atoms with Crippen molar-refractivity contribution in [2.75, 3.05) is 13.6 Å². The van der Waals surface area contributed by atoms with E-state index in [1.807, 2.05) is 24.3 Å². The Morgan fingerprint density at radius 2 is 2.10 bits per heavy atom. The summed E-state index contributed by atoms with van der Waals surface area (Å²) >= 11 is 1.87. The fraction of sp³-hybridized carbons (Fsp3) is 0.438. The van der Waals surface area contributed by atoms with E-state index < -0.39 is 0 Å². The Morgan fingerprint density at radius 1 is 1.30 bits per heavy atom. The van der Waals surface area contributed by atoms with E-state index in [0.29, 0.717) is 6.54 Å². The zero-order chi connectivity index (χ0) is 14.5. The Morgan fingerprint density at radius 3 is 2.70 bits per heavy atom. The molecule has 0 saturated heterocycles. The third kappa shape index (κ3) is 3.66. The predicted molar refractivity (Wildman–Crippen MR) is 85.9 cm³/mol. The topological polar surface area (TPSA) is 42.1 Å². The molecule has 0 spiro atoms. The molecule has 0 radical (unpaired) electrons. The smallest absolute Gasteiger partial charge is 0.0565 e. The lowest BCUT2D eigenvalue weighted by Crippen LogP contribution is -2.29. The third-order valence-corrected chi connectivity index (χ3v) is 4.80. The van der Waals surface area contributed by atoms with Crippen molar-refractivity contribution in [3.63, 3.8) is 0 Å². The summed E-state index contributed by atoms with van der Waals surface area (Å²) in [5, 5.41) is 0. The standard InChI is InChI=1S/C16H23N3S/c1-4-14-8-9-16(20-14)15(10-17)19(3)11-13-7-5-6-12(2)18-13/h5-9,15H,4,10-11,17H2,1-3H3. The van der Waals surface area contributed by atoms with E-state index in [1.165, 1.54) is 9.75 Å². The van der Waals surface area contributed by atoms with Gasteiger partial charge in [-0.15, -0.1) is 11.3 Å². The van der Waals surface area contributed by atoms with Crippen LogP contribution >= 0.6 is 11.3 Å². The van der Waals surface area contributed by atoms with Crippen molar-refractivity contribution in [2.45, 2.75) is 32.9 Å². The molecular formula is C16H23N3S. The van der Waals surface area contributed by atoms with E-state index in [-0.39, 0.29) is 6.04 Å². The molecule has 4 heteroatoms. The molecule has 2 aromatic heterocycles. The number of aromatic nitrogens is 1. The average Bonchev–Trinajstić information content (AvgIpc) is 2.88. The normalized spacial score (nSPS) is 12.8. The van der Waals surface area contributed by atoms with E-state index in [1.54, 1.807) is 0 Å². The fourth-order valence-corrected chi connectivity index (χ4v) is 3.46. The van der Waals surface area contributed by atoms with Crippen molar-refractivity contribution in [1.82, 2.24) is 9.88 Å². The minimum Gasteiger partial charge on any atom is -0.329 e. The first kappa shape index (κ1) is 15.2. The maximum atomic E-state index is 5.98. The zero-order valence-corrected chi connectivity index (χ0v) is 13.3. The number of rotatable bonds is 6. The van der Waals surface area contributed by atoms with Crippen LogP contribution in [0.2, 0.25) is 0 Å². The van der Waals surface area contributed by atoms with Crippen LogP contribution in [-0.4, -0.2) is 23.5 Å². The Kier molecular flexibility index (Phi) is 5.29. The van der Waals surface area contributed by atoms with Crippen LogP contribution in [0.5, 0.6) is 0 Å². The predicted octanol–water partition coefficient (Wildman–Crippen LogP) is 3.15. The van der Waals surface area contributed by atoms with Crippen LogP contribution in [0.1, 0.15) is 34.1 Å². The summed E-state index contributed by atoms with van der Waals surface area (Å²) in [4.78, 5) is 9.61. The number of hydrogen-bond donors (Lipinski definition) is 1. The molecule has 20 heavy (non-hydrogen) atoms. The molecule has 2 N–H and O–H groups in total. The second-order valence-corrected chi connectivity index (χ2v) is 6.29. The summed E-state index contributed by atoms with van der Waals surface area (Å²) in [6.07, 6.45) is 1.09. The van der Waals surface area contributed by atoms with Crippen LogP contribution in [0.3, 0.4) is 0 Å². The summed E-state index contributed by atoms with van der Waals surface area (Å²) in [7, 11) is 2.12. The molecule has 0 fully saturated rings. The highest BCUT2D eigenvalue weighted by atomic mass is 32.1. The second-order valence-electron chi connectivity index (χ2n) is 5.09. The zero-order valence-electron chi connectivity index (χ0n) is 12.5. The van der Waals surface area contributed by atoms with Gasteiger partial charge in [-0.05, 0) is 44.7 Å². The molecule has 1 unspecified atom stereocenters. The van der Waals surface area contributed by atoms with Gasteiger partial charge in [-0.3, -0.25) is 9.88 Å². The van der Waals surface area contributed by atoms with Crippen LogP contribution in [-0.2, 0) is 13.0 Å². The molecule has 0 aliphatic heterocycles. The lowest BCUT2D eigenvalue weighted by molar-refractivity contribution is 0.242. The summed E-state index contributed by atoms with van der Waals surface area (Å²) in [6, 6.07) is 10.8. The second kappa shape index (κ2) is 6.97. The lowest BCUT2D eigenvalue weighted by Gasteiger charge is -2.25. The van der Waals surface area contributed by atoms with Gasteiger partial charge < -0.3 is 5.73 Å². The summed E-state index contributed by atoms with van der Waals surface area (Å²) in [5.74, 6) is 0. The van der Waals surface area contributed by atoms with Crippen LogP contribution in [0.15, 0.2) is 30.3 Å². The number of nitrogens with two attached hydrogens (primary N) is 1. The lowest BCUT2D eigenvalue weighted by atomic mass is 10.2. The van der Waals surface area contributed by atoms with E-state index in [2.05, 4.69) is 48.1 Å². The maximum absolute atomic E-state index is 5.98. The molecule has 1 atom stereocenters. The molecule has 0 amide bonds. The number of likely N-dealkylation sites (N-methyl/N-ethyl adjacent to an activating group) is 1. The van der Waals surface area contributed by atoms with Crippen molar-refractivity contribution in [1.29, 1.82) is 0 Å². The SMILES string of the molecule is CCc1ccc(C(CN)N(C)Cc2cccc(C)n2)s1. The van der Waals surface area contributed by atoms with Crippen LogP contribution in [0, 0.1) is 6.92 Å². The molecular weight excluding hydrogens is 266 g/mol. The number of thiophene rings is 1. The molecule has 2 rings (SSSR count). The molecule has 0 aliphatic rings. The van der Waals surface area contributed by atoms with Crippen molar-refractivity contribution < 1.29 is 0 Å². The number of aryl methyl sites for hydroxylation is 2. The quantitative estimate of drug-likeness (QED) is 0.888. The van der Waals surface area contributed by atoms with Crippen LogP contribution < -0.4 is 5.73 Å². The average molecular weight is 289 g/mol. The van der Waals surface area contributed by atoms with E-state index in [0.717, 1.165) is 24.4 Å². The van der Waals surface area contributed by atoms with E-state index >= 15 is 0 Å². The van der Waals surface area contributed by atoms with Gasteiger partial charge in [0.15, 0.2) is 0 Å². The molecule has 0 saturated carbocycles. The maximum Gasteiger partial charge on any atom is 0.0565 e. The van der Waals surface area contributed by atoms with Crippen molar-refractivity contribution in [2.24, 2.45) is 5.73 Å². The first-order valence-corrected chi connectivity index (χ1v) is 7.87. The molecule has 0 aromatic carbocycles. The molecule has 2 heterocycles. The van der Waals surface area contributed by atoms with Gasteiger partial charge >= 0.3 is 0 Å².